The summed E-state index contributed by atoms with van der Waals surface area (Å²) in [5, 5.41) is 3.40. The van der Waals surface area contributed by atoms with Crippen molar-refractivity contribution in [1.82, 2.24) is 5.01 Å². The number of rotatable bonds is 4. The predicted octanol–water partition coefficient (Wildman–Crippen LogP) is 1.92. The molecule has 0 aromatic carbocycles. The molecule has 0 aliphatic heterocycles. The molecule has 0 aromatic rings. The Balaban J connectivity index is 4.13. The van der Waals surface area contributed by atoms with E-state index in [0.717, 1.165) is 5.01 Å². The summed E-state index contributed by atoms with van der Waals surface area (Å²) in [7, 11) is 0. The van der Waals surface area contributed by atoms with Gasteiger partial charge in [0.1, 0.15) is 0 Å². The molecule has 5 nitrogen and oxygen atoms in total. The molecule has 0 heterocycles. The number of hydrogen-bond donors (Lipinski definition) is 0. The number of hydrogen-bond acceptors (Lipinski definition) is 4. The van der Waals surface area contributed by atoms with Crippen molar-refractivity contribution < 1.29 is 9.53 Å². The number of nitroso groups, excluding NO2 is 1. The van der Waals surface area contributed by atoms with Crippen LogP contribution in [0, 0.1) is 4.91 Å². The molecule has 0 aliphatic carbocycles. The molecule has 1 atom stereocenters. The zero-order valence-corrected chi connectivity index (χ0v) is 7.61. The lowest BCUT2D eigenvalue weighted by molar-refractivity contribution is 0.0929. The fraction of sp³-hybridized carbons (Fsp3) is 0.857. The van der Waals surface area contributed by atoms with Crippen LogP contribution >= 0.6 is 0 Å². The highest BCUT2D eigenvalue weighted by molar-refractivity contribution is 5.67. The second-order valence-electron chi connectivity index (χ2n) is 2.38. The first-order valence-electron chi connectivity index (χ1n) is 3.96. The van der Waals surface area contributed by atoms with Crippen LogP contribution in [0.15, 0.2) is 5.29 Å². The van der Waals surface area contributed by atoms with E-state index in [-0.39, 0.29) is 12.6 Å². The normalized spacial score (nSPS) is 11.9. The highest BCUT2D eigenvalue weighted by atomic mass is 16.6. The van der Waals surface area contributed by atoms with Gasteiger partial charge < -0.3 is 4.74 Å². The minimum Gasteiger partial charge on any atom is -0.448 e. The molecule has 0 fully saturated rings. The summed E-state index contributed by atoms with van der Waals surface area (Å²) >= 11 is 0. The van der Waals surface area contributed by atoms with Gasteiger partial charge in [-0.15, -0.1) is 4.91 Å². The van der Waals surface area contributed by atoms with E-state index in [1.165, 1.54) is 0 Å². The molecule has 1 amide bonds. The Morgan fingerprint density at radius 1 is 1.58 bits per heavy atom. The zero-order valence-electron chi connectivity index (χ0n) is 7.61. The Labute approximate surface area is 71.6 Å². The third kappa shape index (κ3) is 2.86. The molecule has 70 valence electrons. The quantitative estimate of drug-likeness (QED) is 0.483. The van der Waals surface area contributed by atoms with E-state index in [1.807, 2.05) is 6.92 Å². The standard InChI is InChI=1S/C7H14N2O3/c1-4-6(3)9(8-11)7(10)12-5-2/h6H,4-5H2,1-3H3/t6-/m0/s1. The van der Waals surface area contributed by atoms with Gasteiger partial charge in [0.25, 0.3) is 0 Å². The van der Waals surface area contributed by atoms with Crippen LogP contribution in [0.4, 0.5) is 4.79 Å². The van der Waals surface area contributed by atoms with Gasteiger partial charge in [-0.2, -0.15) is 5.01 Å². The highest BCUT2D eigenvalue weighted by Gasteiger charge is 2.20. The summed E-state index contributed by atoms with van der Waals surface area (Å²) < 4.78 is 4.61. The average molecular weight is 174 g/mol. The van der Waals surface area contributed by atoms with E-state index in [2.05, 4.69) is 10.0 Å². The van der Waals surface area contributed by atoms with Gasteiger partial charge in [0.2, 0.25) is 0 Å². The highest BCUT2D eigenvalue weighted by Crippen LogP contribution is 2.05. The van der Waals surface area contributed by atoms with Crippen molar-refractivity contribution in [3.63, 3.8) is 0 Å². The lowest BCUT2D eigenvalue weighted by Gasteiger charge is -2.18. The molecular formula is C7H14N2O3. The monoisotopic (exact) mass is 174 g/mol. The Morgan fingerprint density at radius 2 is 2.17 bits per heavy atom. The minimum absolute atomic E-state index is 0.207. The largest absolute Gasteiger partial charge is 0.448 e. The number of carbonyl (C=O) groups excluding carboxylic acids is 1. The lowest BCUT2D eigenvalue weighted by Crippen LogP contribution is -2.33. The third-order valence-corrected chi connectivity index (χ3v) is 1.55. The summed E-state index contributed by atoms with van der Waals surface area (Å²) in [4.78, 5) is 21.2. The molecular weight excluding hydrogens is 160 g/mol. The minimum atomic E-state index is -0.679. The first-order chi connectivity index (χ1) is 5.67. The topological polar surface area (TPSA) is 59.0 Å². The van der Waals surface area contributed by atoms with Gasteiger partial charge in [-0.05, 0) is 20.3 Å². The van der Waals surface area contributed by atoms with Gasteiger partial charge in [-0.3, -0.25) is 0 Å². The van der Waals surface area contributed by atoms with E-state index in [4.69, 9.17) is 0 Å². The zero-order chi connectivity index (χ0) is 9.56. The predicted molar refractivity (Wildman–Crippen MR) is 44.4 cm³/mol. The van der Waals surface area contributed by atoms with Gasteiger partial charge in [0.15, 0.2) is 0 Å². The smallest absolute Gasteiger partial charge is 0.433 e. The number of nitrogens with zero attached hydrogens (tertiary/aromatic N) is 2. The van der Waals surface area contributed by atoms with Crippen molar-refractivity contribution in [3.8, 4) is 0 Å². The molecule has 5 heteroatoms. The maximum atomic E-state index is 11.0. The molecule has 0 bridgehead atoms. The second-order valence-corrected chi connectivity index (χ2v) is 2.38. The second kappa shape index (κ2) is 5.51. The molecule has 0 unspecified atom stereocenters. The molecule has 0 saturated heterocycles. The molecule has 0 radical (unpaired) electrons. The molecule has 12 heavy (non-hydrogen) atoms. The van der Waals surface area contributed by atoms with Crippen molar-refractivity contribution in [2.24, 2.45) is 5.29 Å². The fourth-order valence-corrected chi connectivity index (χ4v) is 0.656. The molecule has 0 aliphatic rings. The fourth-order valence-electron chi connectivity index (χ4n) is 0.656. The van der Waals surface area contributed by atoms with E-state index in [0.29, 0.717) is 6.42 Å². The Bertz CT molecular complexity index is 161. The molecule has 0 N–H and O–H groups in total. The van der Waals surface area contributed by atoms with Crippen molar-refractivity contribution in [2.75, 3.05) is 6.61 Å². The average Bonchev–Trinajstić information content (AvgIpc) is 2.06. The van der Waals surface area contributed by atoms with Crippen LogP contribution in [0.5, 0.6) is 0 Å². The van der Waals surface area contributed by atoms with Gasteiger partial charge in [0, 0.05) is 0 Å². The van der Waals surface area contributed by atoms with Crippen LogP contribution in [0.2, 0.25) is 0 Å². The van der Waals surface area contributed by atoms with Crippen molar-refractivity contribution in [2.45, 2.75) is 33.2 Å². The Hall–Kier alpha value is -1.13. The SMILES string of the molecule is CCOC(=O)N(N=O)[C@@H](C)CC. The first-order valence-corrected chi connectivity index (χ1v) is 3.96. The third-order valence-electron chi connectivity index (χ3n) is 1.55. The van der Waals surface area contributed by atoms with Crippen LogP contribution < -0.4 is 0 Å². The van der Waals surface area contributed by atoms with Gasteiger partial charge in [-0.25, -0.2) is 4.79 Å². The van der Waals surface area contributed by atoms with Crippen molar-refractivity contribution in [3.05, 3.63) is 4.91 Å². The van der Waals surface area contributed by atoms with Crippen LogP contribution in [-0.4, -0.2) is 23.8 Å². The molecule has 0 spiro atoms. The molecule has 0 aromatic heterocycles. The van der Waals surface area contributed by atoms with E-state index < -0.39 is 6.09 Å². The summed E-state index contributed by atoms with van der Waals surface area (Å²) in [6.07, 6.45) is -0.00766. The molecule has 0 saturated carbocycles. The van der Waals surface area contributed by atoms with Crippen molar-refractivity contribution in [1.29, 1.82) is 0 Å². The number of amides is 1. The van der Waals surface area contributed by atoms with Gasteiger partial charge in [0.05, 0.1) is 17.9 Å². The Morgan fingerprint density at radius 3 is 2.50 bits per heavy atom. The van der Waals surface area contributed by atoms with Crippen LogP contribution in [0.1, 0.15) is 27.2 Å². The van der Waals surface area contributed by atoms with Crippen LogP contribution in [0.3, 0.4) is 0 Å². The maximum absolute atomic E-state index is 11.0. The summed E-state index contributed by atoms with van der Waals surface area (Å²) in [6, 6.07) is -0.207. The maximum Gasteiger partial charge on any atom is 0.433 e. The Kier molecular flexibility index (Phi) is 4.99. The van der Waals surface area contributed by atoms with E-state index in [1.54, 1.807) is 13.8 Å². The number of carbonyl (C=O) groups is 1. The van der Waals surface area contributed by atoms with E-state index in [9.17, 15) is 9.70 Å². The van der Waals surface area contributed by atoms with Gasteiger partial charge in [-0.1, -0.05) is 6.92 Å². The van der Waals surface area contributed by atoms with Crippen molar-refractivity contribution >= 4 is 6.09 Å². The number of ether oxygens (including phenoxy) is 1. The summed E-state index contributed by atoms with van der Waals surface area (Å²) in [5.41, 5.74) is 0. The summed E-state index contributed by atoms with van der Waals surface area (Å²) in [5.74, 6) is 0. The summed E-state index contributed by atoms with van der Waals surface area (Å²) in [6.45, 7) is 5.53. The van der Waals surface area contributed by atoms with Gasteiger partial charge >= 0.3 is 6.09 Å². The lowest BCUT2D eigenvalue weighted by atomic mass is 10.3. The molecule has 0 rings (SSSR count). The van der Waals surface area contributed by atoms with Crippen LogP contribution in [-0.2, 0) is 4.74 Å². The first kappa shape index (κ1) is 10.9. The van der Waals surface area contributed by atoms with E-state index >= 15 is 0 Å². The van der Waals surface area contributed by atoms with Crippen LogP contribution in [0.25, 0.3) is 0 Å².